The first-order valence-corrected chi connectivity index (χ1v) is 13.8. The third kappa shape index (κ3) is 3.78. The van der Waals surface area contributed by atoms with Crippen LogP contribution in [0.5, 0.6) is 0 Å². The lowest BCUT2D eigenvalue weighted by Gasteiger charge is -2.13. The summed E-state index contributed by atoms with van der Waals surface area (Å²) in [6.45, 7) is 0. The smallest absolute Gasteiger partial charge is 0.227 e. The van der Waals surface area contributed by atoms with E-state index in [1.165, 1.54) is 50.1 Å². The van der Waals surface area contributed by atoms with E-state index in [2.05, 4.69) is 119 Å². The van der Waals surface area contributed by atoms with Gasteiger partial charge in [-0.15, -0.1) is 0 Å². The van der Waals surface area contributed by atoms with Crippen LogP contribution in [-0.2, 0) is 6.42 Å². The molecule has 0 aliphatic heterocycles. The molecule has 0 saturated heterocycles. The number of fused-ring (bicyclic) bond motifs is 4. The molecule has 0 bridgehead atoms. The largest absolute Gasteiger partial charge is 0.436 e. The number of oxazole rings is 1. The SMILES string of the molecule is C1=Cc2c(c3ccccc3n2-c2ccc(-c3ccc(-c4ccc(-c5nc6ccccc6o5)cc4)cc3)cc2)CC1. The fourth-order valence-electron chi connectivity index (χ4n) is 5.92. The minimum atomic E-state index is 0.649. The van der Waals surface area contributed by atoms with Crippen LogP contribution in [0, 0.1) is 0 Å². The Morgan fingerprint density at radius 1 is 0.600 bits per heavy atom. The van der Waals surface area contributed by atoms with Gasteiger partial charge in [0.05, 0.1) is 5.52 Å². The molecule has 1 aliphatic carbocycles. The molecule has 5 aromatic carbocycles. The Labute approximate surface area is 232 Å². The molecule has 0 amide bonds. The van der Waals surface area contributed by atoms with Gasteiger partial charge in [-0.05, 0) is 89.2 Å². The van der Waals surface area contributed by atoms with Crippen molar-refractivity contribution in [1.82, 2.24) is 9.55 Å². The minimum absolute atomic E-state index is 0.649. The van der Waals surface area contributed by atoms with Gasteiger partial charge < -0.3 is 8.98 Å². The fraction of sp³-hybridized carbons (Fsp3) is 0.0541. The van der Waals surface area contributed by atoms with Crippen molar-refractivity contribution in [3.05, 3.63) is 139 Å². The maximum Gasteiger partial charge on any atom is 0.227 e. The maximum atomic E-state index is 5.93. The summed E-state index contributed by atoms with van der Waals surface area (Å²) in [6.07, 6.45) is 6.78. The molecular weight excluding hydrogens is 488 g/mol. The first-order valence-electron chi connectivity index (χ1n) is 13.8. The van der Waals surface area contributed by atoms with Gasteiger partial charge in [0.25, 0.3) is 0 Å². The van der Waals surface area contributed by atoms with Crippen LogP contribution in [0.4, 0.5) is 0 Å². The highest BCUT2D eigenvalue weighted by Crippen LogP contribution is 2.35. The molecule has 40 heavy (non-hydrogen) atoms. The number of para-hydroxylation sites is 3. The monoisotopic (exact) mass is 514 g/mol. The molecule has 3 heteroatoms. The Hall–Kier alpha value is -5.15. The van der Waals surface area contributed by atoms with Crippen molar-refractivity contribution in [3.63, 3.8) is 0 Å². The Balaban J connectivity index is 1.06. The van der Waals surface area contributed by atoms with Crippen LogP contribution in [-0.4, -0.2) is 9.55 Å². The van der Waals surface area contributed by atoms with Gasteiger partial charge >= 0.3 is 0 Å². The summed E-state index contributed by atoms with van der Waals surface area (Å²) < 4.78 is 8.33. The maximum absolute atomic E-state index is 5.93. The summed E-state index contributed by atoms with van der Waals surface area (Å²) in [6, 6.07) is 42.8. The predicted molar refractivity (Wildman–Crippen MR) is 165 cm³/mol. The fourth-order valence-corrected chi connectivity index (χ4v) is 5.92. The second-order valence-electron chi connectivity index (χ2n) is 10.3. The van der Waals surface area contributed by atoms with E-state index in [4.69, 9.17) is 4.42 Å². The molecule has 0 saturated carbocycles. The molecule has 0 N–H and O–H groups in total. The minimum Gasteiger partial charge on any atom is -0.436 e. The van der Waals surface area contributed by atoms with E-state index in [-0.39, 0.29) is 0 Å². The van der Waals surface area contributed by atoms with Crippen LogP contribution in [0.3, 0.4) is 0 Å². The van der Waals surface area contributed by atoms with Gasteiger partial charge in [0.2, 0.25) is 5.89 Å². The summed E-state index contributed by atoms with van der Waals surface area (Å²) in [5, 5.41) is 1.36. The number of hydrogen-bond donors (Lipinski definition) is 0. The van der Waals surface area contributed by atoms with E-state index in [9.17, 15) is 0 Å². The first-order chi connectivity index (χ1) is 19.8. The van der Waals surface area contributed by atoms with Crippen LogP contribution in [0.15, 0.2) is 132 Å². The van der Waals surface area contributed by atoms with Crippen molar-refractivity contribution < 1.29 is 4.42 Å². The summed E-state index contributed by atoms with van der Waals surface area (Å²) in [7, 11) is 0. The van der Waals surface area contributed by atoms with Crippen molar-refractivity contribution in [3.8, 4) is 39.4 Å². The average Bonchev–Trinajstić information content (AvgIpc) is 3.61. The summed E-state index contributed by atoms with van der Waals surface area (Å²) in [5.41, 5.74) is 12.7. The highest BCUT2D eigenvalue weighted by atomic mass is 16.3. The predicted octanol–water partition coefficient (Wildman–Crippen LogP) is 9.73. The Kier molecular flexibility index (Phi) is 5.27. The Morgan fingerprint density at radius 2 is 1.20 bits per heavy atom. The van der Waals surface area contributed by atoms with Gasteiger partial charge in [-0.1, -0.05) is 84.9 Å². The van der Waals surface area contributed by atoms with Crippen molar-refractivity contribution in [1.29, 1.82) is 0 Å². The van der Waals surface area contributed by atoms with Gasteiger partial charge in [-0.2, -0.15) is 0 Å². The van der Waals surface area contributed by atoms with Gasteiger partial charge in [0, 0.05) is 22.3 Å². The molecule has 7 aromatic rings. The van der Waals surface area contributed by atoms with Gasteiger partial charge in [-0.25, -0.2) is 4.98 Å². The molecule has 0 radical (unpaired) electrons. The van der Waals surface area contributed by atoms with Gasteiger partial charge in [-0.3, -0.25) is 0 Å². The molecule has 2 heterocycles. The number of allylic oxidation sites excluding steroid dienone is 1. The number of nitrogens with zero attached hydrogens (tertiary/aromatic N) is 2. The van der Waals surface area contributed by atoms with E-state index in [1.807, 2.05) is 24.3 Å². The molecule has 0 atom stereocenters. The van der Waals surface area contributed by atoms with Crippen molar-refractivity contribution >= 4 is 28.1 Å². The molecular formula is C37H26N2O. The summed E-state index contributed by atoms with van der Waals surface area (Å²) in [5.74, 6) is 0.649. The van der Waals surface area contributed by atoms with E-state index < -0.39 is 0 Å². The van der Waals surface area contributed by atoms with E-state index in [0.717, 1.165) is 29.5 Å². The molecule has 2 aromatic heterocycles. The van der Waals surface area contributed by atoms with Crippen LogP contribution in [0.2, 0.25) is 0 Å². The molecule has 3 nitrogen and oxygen atoms in total. The standard InChI is InChI=1S/C37H26N2O/c1-4-10-34-31(7-1)32-8-2-5-11-35(32)39(34)30-23-21-28(22-24-30)26-15-13-25(14-16-26)27-17-19-29(20-18-27)37-38-33-9-3-6-12-36(33)40-37/h1,3-7,9-24H,2,8H2. The number of aryl methyl sites for hydroxylation is 1. The van der Waals surface area contributed by atoms with Gasteiger partial charge in [0.1, 0.15) is 5.52 Å². The van der Waals surface area contributed by atoms with Crippen LogP contribution >= 0.6 is 0 Å². The number of aromatic nitrogens is 2. The van der Waals surface area contributed by atoms with Crippen molar-refractivity contribution in [2.45, 2.75) is 12.8 Å². The lowest BCUT2D eigenvalue weighted by molar-refractivity contribution is 0.620. The van der Waals surface area contributed by atoms with E-state index >= 15 is 0 Å². The van der Waals surface area contributed by atoms with E-state index in [1.54, 1.807) is 0 Å². The molecule has 0 unspecified atom stereocenters. The van der Waals surface area contributed by atoms with Crippen molar-refractivity contribution in [2.75, 3.05) is 0 Å². The summed E-state index contributed by atoms with van der Waals surface area (Å²) in [4.78, 5) is 4.62. The molecule has 8 rings (SSSR count). The zero-order chi connectivity index (χ0) is 26.5. The average molecular weight is 515 g/mol. The first kappa shape index (κ1) is 22.8. The van der Waals surface area contributed by atoms with Crippen LogP contribution in [0.25, 0.3) is 67.5 Å². The molecule has 0 fully saturated rings. The highest BCUT2D eigenvalue weighted by molar-refractivity contribution is 5.90. The Morgan fingerprint density at radius 3 is 1.90 bits per heavy atom. The van der Waals surface area contributed by atoms with E-state index in [0.29, 0.717) is 5.89 Å². The normalized spacial score (nSPS) is 12.7. The number of benzene rings is 5. The number of hydrogen-bond acceptors (Lipinski definition) is 2. The lowest BCUT2D eigenvalue weighted by atomic mass is 9.99. The Bertz CT molecular complexity index is 1990. The van der Waals surface area contributed by atoms with Crippen LogP contribution < -0.4 is 0 Å². The summed E-state index contributed by atoms with van der Waals surface area (Å²) >= 11 is 0. The molecule has 1 aliphatic rings. The van der Waals surface area contributed by atoms with Crippen LogP contribution in [0.1, 0.15) is 17.7 Å². The molecule has 190 valence electrons. The zero-order valence-electron chi connectivity index (χ0n) is 21.9. The van der Waals surface area contributed by atoms with Gasteiger partial charge in [0.15, 0.2) is 5.58 Å². The number of rotatable bonds is 4. The third-order valence-electron chi connectivity index (χ3n) is 7.96. The zero-order valence-corrected chi connectivity index (χ0v) is 21.9. The lowest BCUT2D eigenvalue weighted by Crippen LogP contribution is -2.00. The highest BCUT2D eigenvalue weighted by Gasteiger charge is 2.18. The molecule has 0 spiro atoms. The second-order valence-corrected chi connectivity index (χ2v) is 10.3. The van der Waals surface area contributed by atoms with Crippen molar-refractivity contribution in [2.24, 2.45) is 0 Å². The topological polar surface area (TPSA) is 31.0 Å². The second kappa shape index (κ2) is 9.25. The quantitative estimate of drug-likeness (QED) is 0.234. The third-order valence-corrected chi connectivity index (χ3v) is 7.96.